The number of pyridine rings is 1. The molecule has 5 nitrogen and oxygen atoms in total. The van der Waals surface area contributed by atoms with E-state index in [0.717, 1.165) is 12.8 Å². The first-order valence-corrected chi connectivity index (χ1v) is 5.49. The molecule has 17 heavy (non-hydrogen) atoms. The first-order chi connectivity index (χ1) is 8.10. The molecule has 5 heteroatoms. The molecule has 1 atom stereocenters. The molecule has 1 aromatic rings. The number of amides is 1. The van der Waals surface area contributed by atoms with Crippen molar-refractivity contribution in [1.29, 1.82) is 0 Å². The summed E-state index contributed by atoms with van der Waals surface area (Å²) in [5, 5.41) is 9.42. The van der Waals surface area contributed by atoms with Crippen molar-refractivity contribution < 1.29 is 14.7 Å². The van der Waals surface area contributed by atoms with E-state index < -0.39 is 11.5 Å². The second-order valence-corrected chi connectivity index (χ2v) is 4.34. The second kappa shape index (κ2) is 4.16. The number of aliphatic carboxylic acids is 1. The van der Waals surface area contributed by atoms with Gasteiger partial charge in [0.05, 0.1) is 5.69 Å². The highest BCUT2D eigenvalue weighted by Gasteiger charge is 2.48. The lowest BCUT2D eigenvalue weighted by Crippen LogP contribution is -2.50. The highest BCUT2D eigenvalue weighted by atomic mass is 16.4. The summed E-state index contributed by atoms with van der Waals surface area (Å²) in [6, 6.07) is 5.09. The average molecular weight is 234 g/mol. The molecule has 1 aliphatic carbocycles. The van der Waals surface area contributed by atoms with Crippen molar-refractivity contribution in [2.24, 2.45) is 0 Å². The van der Waals surface area contributed by atoms with Gasteiger partial charge in [-0.2, -0.15) is 0 Å². The van der Waals surface area contributed by atoms with Crippen molar-refractivity contribution in [2.45, 2.75) is 31.3 Å². The molecule has 1 N–H and O–H groups in total. The molecule has 2 rings (SSSR count). The average Bonchev–Trinajstić information content (AvgIpc) is 3.15. The van der Waals surface area contributed by atoms with Crippen molar-refractivity contribution >= 4 is 12.4 Å². The van der Waals surface area contributed by atoms with Gasteiger partial charge < -0.3 is 10.0 Å². The van der Waals surface area contributed by atoms with E-state index in [2.05, 4.69) is 4.98 Å². The molecule has 0 aromatic carbocycles. The molecule has 0 bridgehead atoms. The van der Waals surface area contributed by atoms with E-state index in [1.165, 1.54) is 18.0 Å². The summed E-state index contributed by atoms with van der Waals surface area (Å²) < 4.78 is 0. The van der Waals surface area contributed by atoms with Gasteiger partial charge in [0.25, 0.3) is 0 Å². The van der Waals surface area contributed by atoms with Gasteiger partial charge in [-0.3, -0.25) is 9.78 Å². The number of nitrogens with zero attached hydrogens (tertiary/aromatic N) is 2. The molecule has 0 saturated heterocycles. The molecule has 1 saturated carbocycles. The van der Waals surface area contributed by atoms with E-state index in [4.69, 9.17) is 0 Å². The minimum Gasteiger partial charge on any atom is -0.479 e. The fourth-order valence-corrected chi connectivity index (χ4v) is 1.91. The van der Waals surface area contributed by atoms with Crippen LogP contribution in [0.15, 0.2) is 24.4 Å². The fourth-order valence-electron chi connectivity index (χ4n) is 1.91. The number of rotatable bonds is 5. The van der Waals surface area contributed by atoms with Gasteiger partial charge in [-0.15, -0.1) is 0 Å². The van der Waals surface area contributed by atoms with Crippen molar-refractivity contribution in [3.05, 3.63) is 30.1 Å². The number of carboxylic acid groups (broad SMARTS) is 1. The van der Waals surface area contributed by atoms with Crippen LogP contribution in [0.1, 0.15) is 25.5 Å². The summed E-state index contributed by atoms with van der Waals surface area (Å²) >= 11 is 0. The van der Waals surface area contributed by atoms with E-state index >= 15 is 0 Å². The zero-order valence-electron chi connectivity index (χ0n) is 9.54. The van der Waals surface area contributed by atoms with Crippen molar-refractivity contribution in [2.75, 3.05) is 0 Å². The Balaban J connectivity index is 2.45. The van der Waals surface area contributed by atoms with Crippen LogP contribution in [-0.4, -0.2) is 33.4 Å². The number of carbonyl (C=O) groups is 2. The largest absolute Gasteiger partial charge is 0.479 e. The van der Waals surface area contributed by atoms with E-state index in [0.29, 0.717) is 12.1 Å². The van der Waals surface area contributed by atoms with Gasteiger partial charge in [0, 0.05) is 12.2 Å². The van der Waals surface area contributed by atoms with Gasteiger partial charge in [-0.1, -0.05) is 6.07 Å². The number of hydrogen-bond donors (Lipinski definition) is 1. The zero-order valence-corrected chi connectivity index (χ0v) is 9.54. The van der Waals surface area contributed by atoms with Crippen LogP contribution in [0.3, 0.4) is 0 Å². The van der Waals surface area contributed by atoms with Crippen LogP contribution < -0.4 is 0 Å². The summed E-state index contributed by atoms with van der Waals surface area (Å²) in [7, 11) is 0. The predicted molar refractivity (Wildman–Crippen MR) is 60.1 cm³/mol. The first kappa shape index (κ1) is 11.6. The lowest BCUT2D eigenvalue weighted by atomic mass is 9.95. The summed E-state index contributed by atoms with van der Waals surface area (Å²) in [4.78, 5) is 28.1. The smallest absolute Gasteiger partial charge is 0.335 e. The molecule has 0 spiro atoms. The quantitative estimate of drug-likeness (QED) is 0.772. The third kappa shape index (κ3) is 1.88. The van der Waals surface area contributed by atoms with Crippen molar-refractivity contribution in [1.82, 2.24) is 9.88 Å². The van der Waals surface area contributed by atoms with Gasteiger partial charge in [0.1, 0.15) is 0 Å². The molecule has 0 radical (unpaired) electrons. The van der Waals surface area contributed by atoms with E-state index in [1.54, 1.807) is 18.2 Å². The summed E-state index contributed by atoms with van der Waals surface area (Å²) in [5.74, 6) is -1.06. The SMILES string of the molecule is CC(C(=O)O)(c1ccccn1)N(C=O)C1CC1. The predicted octanol–water partition coefficient (Wildman–Crippen LogP) is 1.00. The second-order valence-electron chi connectivity index (χ2n) is 4.34. The maximum atomic E-state index is 11.5. The Hall–Kier alpha value is -1.91. The van der Waals surface area contributed by atoms with Gasteiger partial charge in [-0.25, -0.2) is 4.79 Å². The fraction of sp³-hybridized carbons (Fsp3) is 0.417. The maximum Gasteiger partial charge on any atom is 0.335 e. The van der Waals surface area contributed by atoms with E-state index in [1.807, 2.05) is 0 Å². The first-order valence-electron chi connectivity index (χ1n) is 5.49. The molecule has 1 fully saturated rings. The van der Waals surface area contributed by atoms with Crippen LogP contribution >= 0.6 is 0 Å². The molecule has 1 heterocycles. The van der Waals surface area contributed by atoms with Gasteiger partial charge in [0.15, 0.2) is 5.54 Å². The zero-order chi connectivity index (χ0) is 12.5. The molecule has 1 amide bonds. The molecule has 1 unspecified atom stereocenters. The summed E-state index contributed by atoms with van der Waals surface area (Å²) in [6.45, 7) is 1.52. The van der Waals surface area contributed by atoms with Gasteiger partial charge >= 0.3 is 5.97 Å². The summed E-state index contributed by atoms with van der Waals surface area (Å²) in [5.41, 5.74) is -1.00. The van der Waals surface area contributed by atoms with Crippen molar-refractivity contribution in [3.63, 3.8) is 0 Å². The third-order valence-electron chi connectivity index (χ3n) is 3.15. The Morgan fingerprint density at radius 2 is 2.29 bits per heavy atom. The number of carboxylic acids is 1. The van der Waals surface area contributed by atoms with E-state index in [9.17, 15) is 14.7 Å². The molecule has 0 aliphatic heterocycles. The standard InChI is InChI=1S/C12H14N2O3/c1-12(11(16)17,10-4-2-3-7-13-10)14(8-15)9-5-6-9/h2-4,7-9H,5-6H2,1H3,(H,16,17). The van der Waals surface area contributed by atoms with Crippen LogP contribution in [0.2, 0.25) is 0 Å². The minimum absolute atomic E-state index is 0.0237. The molecule has 1 aromatic heterocycles. The Morgan fingerprint density at radius 3 is 2.71 bits per heavy atom. The van der Waals surface area contributed by atoms with Crippen LogP contribution in [-0.2, 0) is 15.1 Å². The lowest BCUT2D eigenvalue weighted by molar-refractivity contribution is -0.155. The summed E-state index contributed by atoms with van der Waals surface area (Å²) in [6.07, 6.45) is 3.86. The third-order valence-corrected chi connectivity index (χ3v) is 3.15. The Bertz CT molecular complexity index is 431. The molecular weight excluding hydrogens is 220 g/mol. The van der Waals surface area contributed by atoms with Gasteiger partial charge in [-0.05, 0) is 31.9 Å². The van der Waals surface area contributed by atoms with Crippen LogP contribution in [0.25, 0.3) is 0 Å². The monoisotopic (exact) mass is 234 g/mol. The molecular formula is C12H14N2O3. The van der Waals surface area contributed by atoms with Crippen molar-refractivity contribution in [3.8, 4) is 0 Å². The Morgan fingerprint density at radius 1 is 1.59 bits per heavy atom. The van der Waals surface area contributed by atoms with Crippen LogP contribution in [0.5, 0.6) is 0 Å². The highest BCUT2D eigenvalue weighted by molar-refractivity contribution is 5.82. The Kier molecular flexibility index (Phi) is 2.83. The van der Waals surface area contributed by atoms with E-state index in [-0.39, 0.29) is 6.04 Å². The minimum atomic E-state index is -1.38. The molecule has 90 valence electrons. The maximum absolute atomic E-state index is 11.5. The highest BCUT2D eigenvalue weighted by Crippen LogP contribution is 2.36. The Labute approximate surface area is 99.1 Å². The van der Waals surface area contributed by atoms with Gasteiger partial charge in [0.2, 0.25) is 6.41 Å². The number of aromatic nitrogens is 1. The van der Waals surface area contributed by atoms with Crippen LogP contribution in [0.4, 0.5) is 0 Å². The normalized spacial score (nSPS) is 18.2. The lowest BCUT2D eigenvalue weighted by Gasteiger charge is -2.34. The number of hydrogen-bond acceptors (Lipinski definition) is 3. The number of carbonyl (C=O) groups excluding carboxylic acids is 1. The molecule has 1 aliphatic rings. The topological polar surface area (TPSA) is 70.5 Å². The van der Waals surface area contributed by atoms with Crippen LogP contribution in [0, 0.1) is 0 Å².